The van der Waals surface area contributed by atoms with Crippen molar-refractivity contribution >= 4 is 0 Å². The van der Waals surface area contributed by atoms with Gasteiger partial charge in [0.2, 0.25) is 0 Å². The van der Waals surface area contributed by atoms with Crippen LogP contribution in [-0.2, 0) is 0 Å². The normalized spacial score (nSPS) is 37.2. The number of allylic oxidation sites excluding steroid dienone is 4. The summed E-state index contributed by atoms with van der Waals surface area (Å²) in [5.74, 6) is 6.64. The summed E-state index contributed by atoms with van der Waals surface area (Å²) in [6, 6.07) is 0. The molecule has 0 bridgehead atoms. The first kappa shape index (κ1) is 37.1. The molecular formula is C36H68. The Bertz CT molecular complexity index is 696. The summed E-state index contributed by atoms with van der Waals surface area (Å²) in [5, 5.41) is 0. The van der Waals surface area contributed by atoms with E-state index < -0.39 is 0 Å². The van der Waals surface area contributed by atoms with Gasteiger partial charge < -0.3 is 0 Å². The van der Waals surface area contributed by atoms with Crippen LogP contribution in [0.4, 0.5) is 0 Å². The van der Waals surface area contributed by atoms with E-state index in [2.05, 4.69) is 67.9 Å². The van der Waals surface area contributed by atoms with E-state index in [1.54, 1.807) is 0 Å². The smallest absolute Gasteiger partial charge is 0.00965 e. The highest BCUT2D eigenvalue weighted by molar-refractivity contribution is 5.48. The first-order valence-electron chi connectivity index (χ1n) is 15.7. The largest absolute Gasteiger partial charge is 0.0953 e. The molecule has 4 aliphatic rings. The van der Waals surface area contributed by atoms with Crippen molar-refractivity contribution in [1.29, 1.82) is 0 Å². The lowest BCUT2D eigenvalue weighted by Crippen LogP contribution is -2.51. The van der Waals surface area contributed by atoms with E-state index in [9.17, 15) is 0 Å². The van der Waals surface area contributed by atoms with Crippen LogP contribution in [-0.4, -0.2) is 0 Å². The molecule has 0 nitrogen and oxygen atoms in total. The third kappa shape index (κ3) is 6.50. The SMILES string of the molecule is C=C1C(=C)C2C(C)C(CC(C)(C)C)C3C(=C)C(=C)C4C(C)C(C)C1C2C43.CC.CC.CC.CC.CC. The van der Waals surface area contributed by atoms with Gasteiger partial charge in [-0.05, 0) is 93.3 Å². The van der Waals surface area contributed by atoms with Crippen LogP contribution < -0.4 is 0 Å². The van der Waals surface area contributed by atoms with E-state index in [4.69, 9.17) is 0 Å². The van der Waals surface area contributed by atoms with Crippen LogP contribution in [0.25, 0.3) is 0 Å². The van der Waals surface area contributed by atoms with Gasteiger partial charge in [0.15, 0.2) is 0 Å². The minimum Gasteiger partial charge on any atom is -0.0953 e. The monoisotopic (exact) mass is 501 g/mol. The molecule has 0 heteroatoms. The summed E-state index contributed by atoms with van der Waals surface area (Å²) in [5.41, 5.74) is 5.88. The fourth-order valence-corrected chi connectivity index (χ4v) is 8.00. The van der Waals surface area contributed by atoms with E-state index in [-0.39, 0.29) is 0 Å². The van der Waals surface area contributed by atoms with Crippen LogP contribution >= 0.6 is 0 Å². The number of rotatable bonds is 1. The summed E-state index contributed by atoms with van der Waals surface area (Å²) >= 11 is 0. The van der Waals surface area contributed by atoms with E-state index in [1.807, 2.05) is 69.2 Å². The van der Waals surface area contributed by atoms with Crippen molar-refractivity contribution in [1.82, 2.24) is 0 Å². The van der Waals surface area contributed by atoms with Crippen LogP contribution in [0.1, 0.15) is 117 Å². The van der Waals surface area contributed by atoms with Crippen LogP contribution in [0.15, 0.2) is 48.6 Å². The zero-order valence-corrected chi connectivity index (χ0v) is 27.8. The molecule has 0 radical (unpaired) electrons. The van der Waals surface area contributed by atoms with Crippen LogP contribution in [0.2, 0.25) is 0 Å². The molecular weight excluding hydrogens is 432 g/mol. The summed E-state index contributed by atoms with van der Waals surface area (Å²) in [4.78, 5) is 0. The quantitative estimate of drug-likeness (QED) is 0.336. The Labute approximate surface area is 230 Å². The van der Waals surface area contributed by atoms with Crippen molar-refractivity contribution < 1.29 is 0 Å². The van der Waals surface area contributed by atoms with Crippen molar-refractivity contribution in [2.45, 2.75) is 117 Å². The molecule has 0 spiro atoms. The average Bonchev–Trinajstić information content (AvgIpc) is 3.31. The van der Waals surface area contributed by atoms with Gasteiger partial charge in [0.05, 0.1) is 0 Å². The summed E-state index contributed by atoms with van der Waals surface area (Å²) in [7, 11) is 0. The lowest BCUT2D eigenvalue weighted by molar-refractivity contribution is -0.0642. The van der Waals surface area contributed by atoms with Crippen molar-refractivity contribution in [2.75, 3.05) is 0 Å². The first-order valence-corrected chi connectivity index (χ1v) is 15.7. The van der Waals surface area contributed by atoms with Gasteiger partial charge >= 0.3 is 0 Å². The summed E-state index contributed by atoms with van der Waals surface area (Å²) in [6.07, 6.45) is 1.27. The molecule has 4 fully saturated rings. The zero-order chi connectivity index (χ0) is 29.3. The Morgan fingerprint density at radius 1 is 0.472 bits per heavy atom. The van der Waals surface area contributed by atoms with Crippen molar-refractivity contribution in [2.24, 2.45) is 64.6 Å². The molecule has 4 rings (SSSR count). The Kier molecular flexibility index (Phi) is 16.5. The minimum absolute atomic E-state index is 0.343. The molecule has 0 saturated heterocycles. The predicted molar refractivity (Wildman–Crippen MR) is 169 cm³/mol. The van der Waals surface area contributed by atoms with E-state index in [0.29, 0.717) is 52.8 Å². The van der Waals surface area contributed by atoms with Gasteiger partial charge in [-0.1, -0.05) is 137 Å². The Morgan fingerprint density at radius 3 is 1.03 bits per heavy atom. The highest BCUT2D eigenvalue weighted by atomic mass is 14.7. The van der Waals surface area contributed by atoms with Gasteiger partial charge in [-0.3, -0.25) is 0 Å². The second kappa shape index (κ2) is 16.0. The highest BCUT2D eigenvalue weighted by Crippen LogP contribution is 2.72. The molecule has 36 heavy (non-hydrogen) atoms. The maximum atomic E-state index is 4.62. The first-order chi connectivity index (χ1) is 17.0. The van der Waals surface area contributed by atoms with Crippen LogP contribution in [0.3, 0.4) is 0 Å². The van der Waals surface area contributed by atoms with E-state index in [1.165, 1.54) is 28.7 Å². The second-order valence-electron chi connectivity index (χ2n) is 11.4. The van der Waals surface area contributed by atoms with E-state index in [0.717, 1.165) is 11.8 Å². The second-order valence-corrected chi connectivity index (χ2v) is 11.4. The zero-order valence-electron chi connectivity index (χ0n) is 27.8. The highest BCUT2D eigenvalue weighted by Gasteiger charge is 2.66. The minimum atomic E-state index is 0.343. The molecule has 0 aromatic carbocycles. The third-order valence-electron chi connectivity index (χ3n) is 9.05. The third-order valence-corrected chi connectivity index (χ3v) is 9.05. The molecule has 0 aliphatic heterocycles. The topological polar surface area (TPSA) is 0 Å². The molecule has 0 amide bonds. The molecule has 0 aromatic heterocycles. The van der Waals surface area contributed by atoms with Gasteiger partial charge in [0.25, 0.3) is 0 Å². The molecule has 4 saturated carbocycles. The molecule has 0 aromatic rings. The Hall–Kier alpha value is -1.04. The number of hydrogen-bond donors (Lipinski definition) is 0. The van der Waals surface area contributed by atoms with Gasteiger partial charge in [0, 0.05) is 0 Å². The molecule has 10 atom stereocenters. The lowest BCUT2D eigenvalue weighted by Gasteiger charge is -2.55. The van der Waals surface area contributed by atoms with E-state index >= 15 is 0 Å². The van der Waals surface area contributed by atoms with Crippen LogP contribution in [0.5, 0.6) is 0 Å². The van der Waals surface area contributed by atoms with Gasteiger partial charge in [-0.25, -0.2) is 0 Å². The summed E-state index contributed by atoms with van der Waals surface area (Å²) in [6.45, 7) is 53.0. The Morgan fingerprint density at radius 2 is 0.722 bits per heavy atom. The van der Waals surface area contributed by atoms with Gasteiger partial charge in [-0.2, -0.15) is 0 Å². The van der Waals surface area contributed by atoms with Crippen molar-refractivity contribution in [3.8, 4) is 0 Å². The van der Waals surface area contributed by atoms with Crippen molar-refractivity contribution in [3.05, 3.63) is 48.6 Å². The maximum absolute atomic E-state index is 4.62. The molecule has 0 heterocycles. The molecule has 0 N–H and O–H groups in total. The van der Waals surface area contributed by atoms with Crippen LogP contribution in [0, 0.1) is 64.6 Å². The van der Waals surface area contributed by atoms with Gasteiger partial charge in [0.1, 0.15) is 0 Å². The molecule has 4 aliphatic carbocycles. The molecule has 10 unspecified atom stereocenters. The Balaban J connectivity index is 0. The predicted octanol–water partition coefficient (Wildman–Crippen LogP) is 12.1. The average molecular weight is 501 g/mol. The maximum Gasteiger partial charge on any atom is -0.00965 e. The van der Waals surface area contributed by atoms with Crippen molar-refractivity contribution in [3.63, 3.8) is 0 Å². The standard InChI is InChI=1S/C26H38.5C2H6/c1-12-13(2)21-16(5)17(6)23-19(11-26(8,9)10)18(7)22-15(4)14(3)20(12)24(22)25(21)23;5*1-2/h12-13,18-25H,3-6,11H2,1-2,7-10H3;5*1-2H3. The number of hydrogen-bond acceptors (Lipinski definition) is 0. The van der Waals surface area contributed by atoms with Gasteiger partial charge in [-0.15, -0.1) is 0 Å². The fourth-order valence-electron chi connectivity index (χ4n) is 8.00. The fraction of sp³-hybridized carbons (Fsp3) is 0.778. The lowest BCUT2D eigenvalue weighted by atomic mass is 9.48. The summed E-state index contributed by atoms with van der Waals surface area (Å²) < 4.78 is 0. The molecule has 212 valence electrons.